The molecule has 0 spiro atoms. The molecule has 1 heterocycles. The van der Waals surface area contributed by atoms with Gasteiger partial charge in [-0.15, -0.1) is 0 Å². The summed E-state index contributed by atoms with van der Waals surface area (Å²) in [6.07, 6.45) is 6.45. The van der Waals surface area contributed by atoms with Crippen molar-refractivity contribution < 1.29 is 19.0 Å². The molecule has 0 saturated carbocycles. The molecule has 0 bridgehead atoms. The van der Waals surface area contributed by atoms with Crippen LogP contribution in [-0.2, 0) is 4.74 Å². The molecule has 0 saturated heterocycles. The zero-order valence-electron chi connectivity index (χ0n) is 19.6. The first-order valence-electron chi connectivity index (χ1n) is 11.7. The Morgan fingerprint density at radius 2 is 1.75 bits per heavy atom. The molecule has 174 valence electrons. The third kappa shape index (κ3) is 5.94. The Morgan fingerprint density at radius 3 is 2.53 bits per heavy atom. The number of fused-ring (bicyclic) bond motifs is 1. The number of amides is 1. The summed E-state index contributed by atoms with van der Waals surface area (Å²) in [4.78, 5) is 15.1. The van der Waals surface area contributed by atoms with Crippen molar-refractivity contribution in [2.45, 2.75) is 51.6 Å². The van der Waals surface area contributed by atoms with Gasteiger partial charge >= 0.3 is 0 Å². The van der Waals surface area contributed by atoms with Crippen LogP contribution in [0.4, 0.5) is 5.69 Å². The fourth-order valence-corrected chi connectivity index (χ4v) is 4.03. The number of hydrogen-bond donors (Lipinski definition) is 1. The number of ether oxygens (including phenoxy) is 3. The number of carbonyl (C=O) groups is 1. The van der Waals surface area contributed by atoms with E-state index in [-0.39, 0.29) is 12.1 Å². The molecule has 2 aromatic rings. The Bertz CT molecular complexity index is 871. The number of benzene rings is 2. The van der Waals surface area contributed by atoms with Crippen molar-refractivity contribution in [3.05, 3.63) is 53.6 Å². The summed E-state index contributed by atoms with van der Waals surface area (Å²) in [6.45, 7) is 4.09. The van der Waals surface area contributed by atoms with Gasteiger partial charge in [-0.05, 0) is 42.7 Å². The van der Waals surface area contributed by atoms with Crippen molar-refractivity contribution in [3.63, 3.8) is 0 Å². The third-order valence-electron chi connectivity index (χ3n) is 5.78. The average molecular weight is 441 g/mol. The Kier molecular flexibility index (Phi) is 9.23. The van der Waals surface area contributed by atoms with E-state index in [1.54, 1.807) is 14.2 Å². The third-order valence-corrected chi connectivity index (χ3v) is 5.78. The largest absolute Gasteiger partial charge is 0.493 e. The zero-order chi connectivity index (χ0) is 22.8. The SMILES string of the molecule is CCCCCCCOc1ccc(C2Nc3ccccc3C(=O)N2CCCOC)cc1OC. The minimum atomic E-state index is -0.286. The molecule has 1 unspecified atom stereocenters. The van der Waals surface area contributed by atoms with Crippen molar-refractivity contribution in [2.24, 2.45) is 0 Å². The van der Waals surface area contributed by atoms with E-state index in [1.165, 1.54) is 25.7 Å². The molecule has 0 aromatic heterocycles. The summed E-state index contributed by atoms with van der Waals surface area (Å²) in [5, 5.41) is 3.53. The highest BCUT2D eigenvalue weighted by Crippen LogP contribution is 2.37. The van der Waals surface area contributed by atoms with Gasteiger partial charge in [0.2, 0.25) is 0 Å². The van der Waals surface area contributed by atoms with Crippen molar-refractivity contribution >= 4 is 11.6 Å². The maximum Gasteiger partial charge on any atom is 0.257 e. The number of carbonyl (C=O) groups excluding carboxylic acids is 1. The molecule has 2 aromatic carbocycles. The van der Waals surface area contributed by atoms with Gasteiger partial charge in [0.1, 0.15) is 6.17 Å². The second-order valence-corrected chi connectivity index (χ2v) is 8.11. The van der Waals surface area contributed by atoms with E-state index >= 15 is 0 Å². The fourth-order valence-electron chi connectivity index (χ4n) is 4.03. The van der Waals surface area contributed by atoms with Gasteiger partial charge in [-0.2, -0.15) is 0 Å². The predicted molar refractivity (Wildman–Crippen MR) is 128 cm³/mol. The number of methoxy groups -OCH3 is 2. The van der Waals surface area contributed by atoms with Gasteiger partial charge in [0.15, 0.2) is 11.5 Å². The first-order chi connectivity index (χ1) is 15.7. The Hall–Kier alpha value is -2.73. The molecule has 1 amide bonds. The van der Waals surface area contributed by atoms with Crippen molar-refractivity contribution in [3.8, 4) is 11.5 Å². The first kappa shape index (κ1) is 23.9. The van der Waals surface area contributed by atoms with E-state index in [9.17, 15) is 4.79 Å². The number of nitrogens with zero attached hydrogens (tertiary/aromatic N) is 1. The lowest BCUT2D eigenvalue weighted by Crippen LogP contribution is -2.43. The van der Waals surface area contributed by atoms with Gasteiger partial charge in [0, 0.05) is 25.9 Å². The van der Waals surface area contributed by atoms with Gasteiger partial charge in [0.05, 0.1) is 19.3 Å². The second kappa shape index (κ2) is 12.3. The van der Waals surface area contributed by atoms with Crippen LogP contribution < -0.4 is 14.8 Å². The van der Waals surface area contributed by atoms with Crippen molar-refractivity contribution in [1.82, 2.24) is 4.90 Å². The number of para-hydroxylation sites is 1. The molecule has 3 rings (SSSR count). The Labute approximate surface area is 191 Å². The zero-order valence-corrected chi connectivity index (χ0v) is 19.6. The average Bonchev–Trinajstić information content (AvgIpc) is 2.82. The van der Waals surface area contributed by atoms with Crippen LogP contribution in [0.25, 0.3) is 0 Å². The van der Waals surface area contributed by atoms with Crippen LogP contribution >= 0.6 is 0 Å². The number of anilines is 1. The molecule has 0 aliphatic carbocycles. The standard InChI is InChI=1S/C26H36N2O4/c1-4-5-6-7-10-18-32-23-15-14-20(19-24(23)31-3)25-27-22-13-9-8-12-21(22)26(29)28(25)16-11-17-30-2/h8-9,12-15,19,25,27H,4-7,10-11,16-18H2,1-3H3. The van der Waals surface area contributed by atoms with Crippen LogP contribution in [0, 0.1) is 0 Å². The maximum absolute atomic E-state index is 13.3. The first-order valence-corrected chi connectivity index (χ1v) is 11.7. The summed E-state index contributed by atoms with van der Waals surface area (Å²) in [5.74, 6) is 1.44. The minimum absolute atomic E-state index is 0.0202. The monoisotopic (exact) mass is 440 g/mol. The molecule has 0 radical (unpaired) electrons. The lowest BCUT2D eigenvalue weighted by Gasteiger charge is -2.38. The molecular weight excluding hydrogens is 404 g/mol. The van der Waals surface area contributed by atoms with Gasteiger partial charge in [0.25, 0.3) is 5.91 Å². The molecule has 32 heavy (non-hydrogen) atoms. The topological polar surface area (TPSA) is 60.0 Å². The van der Waals surface area contributed by atoms with E-state index in [1.807, 2.05) is 47.4 Å². The van der Waals surface area contributed by atoms with Crippen molar-refractivity contribution in [1.29, 1.82) is 0 Å². The Balaban J connectivity index is 1.77. The van der Waals surface area contributed by atoms with Crippen LogP contribution in [0.2, 0.25) is 0 Å². The molecule has 0 fully saturated rings. The normalized spacial score (nSPS) is 15.3. The fraction of sp³-hybridized carbons (Fsp3) is 0.500. The van der Waals surface area contributed by atoms with Gasteiger partial charge in [-0.1, -0.05) is 50.8 Å². The molecule has 1 N–H and O–H groups in total. The quantitative estimate of drug-likeness (QED) is 0.408. The minimum Gasteiger partial charge on any atom is -0.493 e. The van der Waals surface area contributed by atoms with Crippen LogP contribution in [0.5, 0.6) is 11.5 Å². The van der Waals surface area contributed by atoms with E-state index in [0.717, 1.165) is 29.8 Å². The number of hydrogen-bond acceptors (Lipinski definition) is 5. The summed E-state index contributed by atoms with van der Waals surface area (Å²) in [7, 11) is 3.33. The lowest BCUT2D eigenvalue weighted by atomic mass is 10.0. The summed E-state index contributed by atoms with van der Waals surface area (Å²) in [5.41, 5.74) is 2.49. The van der Waals surface area contributed by atoms with Gasteiger partial charge < -0.3 is 24.4 Å². The number of nitrogens with one attached hydrogen (secondary N) is 1. The van der Waals surface area contributed by atoms with E-state index < -0.39 is 0 Å². The molecule has 6 heteroatoms. The number of unbranched alkanes of at least 4 members (excludes halogenated alkanes) is 4. The highest BCUT2D eigenvalue weighted by molar-refractivity contribution is 6.01. The van der Waals surface area contributed by atoms with Gasteiger partial charge in [-0.25, -0.2) is 0 Å². The van der Waals surface area contributed by atoms with Crippen LogP contribution in [0.3, 0.4) is 0 Å². The van der Waals surface area contributed by atoms with Crippen LogP contribution in [-0.4, -0.2) is 44.8 Å². The van der Waals surface area contributed by atoms with Crippen LogP contribution in [0.1, 0.15) is 67.5 Å². The summed E-state index contributed by atoms with van der Waals surface area (Å²) >= 11 is 0. The lowest BCUT2D eigenvalue weighted by molar-refractivity contribution is 0.0660. The van der Waals surface area contributed by atoms with E-state index in [4.69, 9.17) is 14.2 Å². The number of rotatable bonds is 13. The molecule has 1 aliphatic rings. The predicted octanol–water partition coefficient (Wildman–Crippen LogP) is 5.65. The Morgan fingerprint density at radius 1 is 0.938 bits per heavy atom. The van der Waals surface area contributed by atoms with Gasteiger partial charge in [-0.3, -0.25) is 4.79 Å². The smallest absolute Gasteiger partial charge is 0.257 e. The molecule has 6 nitrogen and oxygen atoms in total. The molecule has 1 aliphatic heterocycles. The highest BCUT2D eigenvalue weighted by Gasteiger charge is 2.32. The molecular formula is C26H36N2O4. The van der Waals surface area contributed by atoms with Crippen molar-refractivity contribution in [2.75, 3.05) is 39.3 Å². The van der Waals surface area contributed by atoms with E-state index in [2.05, 4.69) is 12.2 Å². The molecule has 1 atom stereocenters. The van der Waals surface area contributed by atoms with E-state index in [0.29, 0.717) is 31.1 Å². The summed E-state index contributed by atoms with van der Waals surface area (Å²) < 4.78 is 16.8. The summed E-state index contributed by atoms with van der Waals surface area (Å²) in [6, 6.07) is 13.6. The highest BCUT2D eigenvalue weighted by atomic mass is 16.5. The second-order valence-electron chi connectivity index (χ2n) is 8.11. The van der Waals surface area contributed by atoms with Crippen LogP contribution in [0.15, 0.2) is 42.5 Å². The maximum atomic E-state index is 13.3.